The van der Waals surface area contributed by atoms with Gasteiger partial charge in [0.2, 0.25) is 0 Å². The minimum absolute atomic E-state index is 0.306. The SMILES string of the molecule is CC(C)C1CCCCC1Nc1ccc(OC(F)F)c(F)c1. The van der Waals surface area contributed by atoms with E-state index in [-0.39, 0.29) is 0 Å². The zero-order valence-electron chi connectivity index (χ0n) is 12.4. The van der Waals surface area contributed by atoms with E-state index in [9.17, 15) is 13.2 Å². The van der Waals surface area contributed by atoms with Crippen LogP contribution < -0.4 is 10.1 Å². The molecule has 0 bridgehead atoms. The summed E-state index contributed by atoms with van der Waals surface area (Å²) in [6, 6.07) is 4.37. The maximum atomic E-state index is 13.7. The number of alkyl halides is 2. The van der Waals surface area contributed by atoms with Gasteiger partial charge in [0.1, 0.15) is 0 Å². The van der Waals surface area contributed by atoms with E-state index in [4.69, 9.17) is 0 Å². The molecule has 118 valence electrons. The summed E-state index contributed by atoms with van der Waals surface area (Å²) in [5, 5.41) is 3.35. The Hall–Kier alpha value is -1.39. The van der Waals surface area contributed by atoms with E-state index in [0.29, 0.717) is 23.6 Å². The van der Waals surface area contributed by atoms with Gasteiger partial charge in [0.15, 0.2) is 11.6 Å². The van der Waals surface area contributed by atoms with Crippen molar-refractivity contribution in [3.05, 3.63) is 24.0 Å². The zero-order valence-corrected chi connectivity index (χ0v) is 12.4. The summed E-state index contributed by atoms with van der Waals surface area (Å²) in [7, 11) is 0. The van der Waals surface area contributed by atoms with Crippen LogP contribution in [0.2, 0.25) is 0 Å². The number of nitrogens with one attached hydrogen (secondary N) is 1. The van der Waals surface area contributed by atoms with Crippen molar-refractivity contribution in [1.82, 2.24) is 0 Å². The highest BCUT2D eigenvalue weighted by atomic mass is 19.3. The lowest BCUT2D eigenvalue weighted by Gasteiger charge is -2.35. The highest BCUT2D eigenvalue weighted by molar-refractivity contribution is 5.48. The van der Waals surface area contributed by atoms with E-state index in [2.05, 4.69) is 23.9 Å². The monoisotopic (exact) mass is 301 g/mol. The molecule has 0 aromatic heterocycles. The number of hydrogen-bond acceptors (Lipinski definition) is 2. The first-order valence-corrected chi connectivity index (χ1v) is 7.48. The molecule has 0 radical (unpaired) electrons. The van der Waals surface area contributed by atoms with Gasteiger partial charge in [-0.3, -0.25) is 0 Å². The Bertz CT molecular complexity index is 465. The summed E-state index contributed by atoms with van der Waals surface area (Å²) in [5.74, 6) is -0.0651. The fraction of sp³-hybridized carbons (Fsp3) is 0.625. The largest absolute Gasteiger partial charge is 0.432 e. The Kier molecular flexibility index (Phi) is 5.37. The van der Waals surface area contributed by atoms with Gasteiger partial charge in [-0.05, 0) is 36.8 Å². The first kappa shape index (κ1) is 16.0. The highest BCUT2D eigenvalue weighted by Gasteiger charge is 2.27. The Labute approximate surface area is 123 Å². The predicted octanol–water partition coefficient (Wildman–Crippen LogP) is 5.05. The van der Waals surface area contributed by atoms with Crippen molar-refractivity contribution in [3.63, 3.8) is 0 Å². The zero-order chi connectivity index (χ0) is 15.4. The Balaban J connectivity index is 2.06. The predicted molar refractivity (Wildman–Crippen MR) is 77.2 cm³/mol. The van der Waals surface area contributed by atoms with Crippen LogP contribution in [0, 0.1) is 17.7 Å². The number of hydrogen-bond donors (Lipinski definition) is 1. The molecule has 21 heavy (non-hydrogen) atoms. The average Bonchev–Trinajstić information content (AvgIpc) is 2.42. The molecule has 1 aliphatic rings. The molecule has 1 aromatic rings. The van der Waals surface area contributed by atoms with Crippen molar-refractivity contribution in [3.8, 4) is 5.75 Å². The van der Waals surface area contributed by atoms with Gasteiger partial charge < -0.3 is 10.1 Å². The van der Waals surface area contributed by atoms with Crippen molar-refractivity contribution >= 4 is 5.69 Å². The van der Waals surface area contributed by atoms with Crippen LogP contribution in [0.25, 0.3) is 0 Å². The summed E-state index contributed by atoms with van der Waals surface area (Å²) in [6.07, 6.45) is 4.62. The normalized spacial score (nSPS) is 22.6. The van der Waals surface area contributed by atoms with Crippen LogP contribution in [0.4, 0.5) is 18.9 Å². The fourth-order valence-corrected chi connectivity index (χ4v) is 3.13. The lowest BCUT2D eigenvalue weighted by atomic mass is 9.78. The van der Waals surface area contributed by atoms with Crippen LogP contribution in [0.3, 0.4) is 0 Å². The molecule has 0 heterocycles. The third-order valence-corrected chi connectivity index (χ3v) is 4.18. The molecule has 2 unspecified atom stereocenters. The van der Waals surface area contributed by atoms with E-state index in [1.807, 2.05) is 0 Å². The molecule has 0 spiro atoms. The maximum absolute atomic E-state index is 13.7. The maximum Gasteiger partial charge on any atom is 0.387 e. The van der Waals surface area contributed by atoms with Crippen molar-refractivity contribution < 1.29 is 17.9 Å². The Morgan fingerprint density at radius 1 is 1.19 bits per heavy atom. The van der Waals surface area contributed by atoms with Gasteiger partial charge in [-0.25, -0.2) is 4.39 Å². The van der Waals surface area contributed by atoms with Crippen LogP contribution in [-0.4, -0.2) is 12.7 Å². The molecule has 1 fully saturated rings. The molecule has 5 heteroatoms. The minimum Gasteiger partial charge on any atom is -0.432 e. The van der Waals surface area contributed by atoms with E-state index >= 15 is 0 Å². The third kappa shape index (κ3) is 4.29. The summed E-state index contributed by atoms with van der Waals surface area (Å²) >= 11 is 0. The number of halogens is 3. The summed E-state index contributed by atoms with van der Waals surface area (Å²) < 4.78 is 42.1. The van der Waals surface area contributed by atoms with Gasteiger partial charge in [0.05, 0.1) is 0 Å². The minimum atomic E-state index is -3.01. The molecule has 0 saturated heterocycles. The fourth-order valence-electron chi connectivity index (χ4n) is 3.13. The smallest absolute Gasteiger partial charge is 0.387 e. The molecule has 1 aliphatic carbocycles. The van der Waals surface area contributed by atoms with E-state index < -0.39 is 18.2 Å². The van der Waals surface area contributed by atoms with Crippen molar-refractivity contribution in [2.75, 3.05) is 5.32 Å². The van der Waals surface area contributed by atoms with E-state index in [1.54, 1.807) is 6.07 Å². The summed E-state index contributed by atoms with van der Waals surface area (Å²) in [4.78, 5) is 0. The standard InChI is InChI=1S/C16H22F3NO/c1-10(2)12-5-3-4-6-14(12)20-11-7-8-15(13(17)9-11)21-16(18)19/h7-10,12,14,16,20H,3-6H2,1-2H3. The molecule has 1 N–H and O–H groups in total. The second-order valence-corrected chi connectivity index (χ2v) is 5.97. The molecule has 0 amide bonds. The van der Waals surface area contributed by atoms with Gasteiger partial charge in [-0.15, -0.1) is 0 Å². The second kappa shape index (κ2) is 7.05. The lowest BCUT2D eigenvalue weighted by Crippen LogP contribution is -2.35. The highest BCUT2D eigenvalue weighted by Crippen LogP contribution is 2.33. The second-order valence-electron chi connectivity index (χ2n) is 5.97. The van der Waals surface area contributed by atoms with Gasteiger partial charge in [0.25, 0.3) is 0 Å². The van der Waals surface area contributed by atoms with E-state index in [0.717, 1.165) is 12.8 Å². The average molecular weight is 301 g/mol. The van der Waals surface area contributed by atoms with Crippen LogP contribution >= 0.6 is 0 Å². The number of ether oxygens (including phenoxy) is 1. The van der Waals surface area contributed by atoms with Gasteiger partial charge in [0, 0.05) is 17.8 Å². The first-order valence-electron chi connectivity index (χ1n) is 7.48. The van der Waals surface area contributed by atoms with Gasteiger partial charge >= 0.3 is 6.61 Å². The topological polar surface area (TPSA) is 21.3 Å². The number of benzene rings is 1. The molecule has 1 saturated carbocycles. The summed E-state index contributed by atoms with van der Waals surface area (Å²) in [6.45, 7) is 1.39. The Morgan fingerprint density at radius 3 is 2.52 bits per heavy atom. The van der Waals surface area contributed by atoms with Crippen molar-refractivity contribution in [2.45, 2.75) is 52.2 Å². The first-order chi connectivity index (χ1) is 9.97. The number of rotatable bonds is 5. The molecule has 0 aliphatic heterocycles. The van der Waals surface area contributed by atoms with E-state index in [1.165, 1.54) is 25.0 Å². The van der Waals surface area contributed by atoms with Crippen LogP contribution in [0.1, 0.15) is 39.5 Å². The van der Waals surface area contributed by atoms with Gasteiger partial charge in [-0.2, -0.15) is 8.78 Å². The van der Waals surface area contributed by atoms with Crippen LogP contribution in [0.15, 0.2) is 18.2 Å². The summed E-state index contributed by atoms with van der Waals surface area (Å²) in [5.41, 5.74) is 0.617. The molecular formula is C16H22F3NO. The molecule has 2 nitrogen and oxygen atoms in total. The van der Waals surface area contributed by atoms with Crippen LogP contribution in [0.5, 0.6) is 5.75 Å². The molecular weight excluding hydrogens is 279 g/mol. The third-order valence-electron chi connectivity index (χ3n) is 4.18. The molecule has 2 atom stereocenters. The molecule has 1 aromatic carbocycles. The Morgan fingerprint density at radius 2 is 1.90 bits per heavy atom. The van der Waals surface area contributed by atoms with Crippen molar-refractivity contribution in [1.29, 1.82) is 0 Å². The molecule has 2 rings (SSSR count). The van der Waals surface area contributed by atoms with Crippen LogP contribution in [-0.2, 0) is 0 Å². The van der Waals surface area contributed by atoms with Gasteiger partial charge in [-0.1, -0.05) is 26.7 Å². The quantitative estimate of drug-likeness (QED) is 0.821. The number of anilines is 1. The lowest BCUT2D eigenvalue weighted by molar-refractivity contribution is -0.0521. The van der Waals surface area contributed by atoms with Crippen molar-refractivity contribution in [2.24, 2.45) is 11.8 Å².